The van der Waals surface area contributed by atoms with E-state index in [1.54, 1.807) is 10.7 Å². The van der Waals surface area contributed by atoms with Crippen molar-refractivity contribution in [1.82, 2.24) is 14.6 Å². The molecule has 6 heteroatoms. The maximum atomic E-state index is 9.30. The SMILES string of the molecule is CCC(CO)Nc1ccn2ncc(-c3cccc(N)c3)c2n1. The second kappa shape index (κ2) is 6.03. The van der Waals surface area contributed by atoms with Gasteiger partial charge in [-0.25, -0.2) is 9.50 Å². The Morgan fingerprint density at radius 2 is 2.23 bits per heavy atom. The van der Waals surface area contributed by atoms with Gasteiger partial charge >= 0.3 is 0 Å². The predicted octanol–water partition coefficient (Wildman–Crippen LogP) is 2.16. The molecular weight excluding hydrogens is 278 g/mol. The van der Waals surface area contributed by atoms with Crippen molar-refractivity contribution in [3.05, 3.63) is 42.7 Å². The first kappa shape index (κ1) is 14.3. The van der Waals surface area contributed by atoms with Crippen LogP contribution in [0.2, 0.25) is 0 Å². The van der Waals surface area contributed by atoms with E-state index in [2.05, 4.69) is 15.4 Å². The maximum absolute atomic E-state index is 9.30. The second-order valence-electron chi connectivity index (χ2n) is 5.20. The molecule has 2 aromatic heterocycles. The number of nitrogens with two attached hydrogens (primary N) is 1. The van der Waals surface area contributed by atoms with Crippen molar-refractivity contribution in [1.29, 1.82) is 0 Å². The van der Waals surface area contributed by atoms with Crippen molar-refractivity contribution < 1.29 is 5.11 Å². The monoisotopic (exact) mass is 297 g/mol. The third-order valence-electron chi connectivity index (χ3n) is 3.63. The van der Waals surface area contributed by atoms with Crippen molar-refractivity contribution in [3.8, 4) is 11.1 Å². The van der Waals surface area contributed by atoms with E-state index in [-0.39, 0.29) is 12.6 Å². The molecule has 22 heavy (non-hydrogen) atoms. The number of rotatable bonds is 5. The van der Waals surface area contributed by atoms with Crippen LogP contribution in [-0.4, -0.2) is 32.4 Å². The molecule has 1 unspecified atom stereocenters. The first-order valence-electron chi connectivity index (χ1n) is 7.29. The van der Waals surface area contributed by atoms with Crippen LogP contribution in [0.1, 0.15) is 13.3 Å². The maximum Gasteiger partial charge on any atom is 0.165 e. The predicted molar refractivity (Wildman–Crippen MR) is 87.6 cm³/mol. The van der Waals surface area contributed by atoms with E-state index in [0.717, 1.165) is 29.0 Å². The number of nitrogens with one attached hydrogen (secondary N) is 1. The highest BCUT2D eigenvalue weighted by molar-refractivity contribution is 5.79. The number of hydrogen-bond donors (Lipinski definition) is 3. The van der Waals surface area contributed by atoms with Gasteiger partial charge in [0.1, 0.15) is 5.82 Å². The second-order valence-corrected chi connectivity index (χ2v) is 5.20. The summed E-state index contributed by atoms with van der Waals surface area (Å²) in [4.78, 5) is 4.61. The highest BCUT2D eigenvalue weighted by atomic mass is 16.3. The van der Waals surface area contributed by atoms with Gasteiger partial charge in [0.15, 0.2) is 5.65 Å². The molecule has 3 aromatic rings. The van der Waals surface area contributed by atoms with E-state index >= 15 is 0 Å². The molecule has 0 aliphatic heterocycles. The molecule has 4 N–H and O–H groups in total. The summed E-state index contributed by atoms with van der Waals surface area (Å²) in [6.45, 7) is 2.09. The highest BCUT2D eigenvalue weighted by Gasteiger charge is 2.11. The molecule has 0 fully saturated rings. The lowest BCUT2D eigenvalue weighted by Gasteiger charge is -2.14. The van der Waals surface area contributed by atoms with Gasteiger partial charge in [-0.05, 0) is 30.2 Å². The number of aliphatic hydroxyl groups excluding tert-OH is 1. The number of anilines is 2. The molecule has 0 aliphatic rings. The molecule has 3 rings (SSSR count). The summed E-state index contributed by atoms with van der Waals surface area (Å²) in [6.07, 6.45) is 4.46. The summed E-state index contributed by atoms with van der Waals surface area (Å²) >= 11 is 0. The van der Waals surface area contributed by atoms with Crippen LogP contribution in [0.25, 0.3) is 16.8 Å². The minimum Gasteiger partial charge on any atom is -0.399 e. The van der Waals surface area contributed by atoms with Gasteiger partial charge in [0, 0.05) is 17.4 Å². The van der Waals surface area contributed by atoms with Gasteiger partial charge in [-0.15, -0.1) is 0 Å². The van der Waals surface area contributed by atoms with Gasteiger partial charge in [-0.1, -0.05) is 19.1 Å². The Labute approximate surface area is 128 Å². The van der Waals surface area contributed by atoms with Crippen LogP contribution in [0.5, 0.6) is 0 Å². The van der Waals surface area contributed by atoms with E-state index in [1.807, 2.05) is 43.5 Å². The molecule has 0 bridgehead atoms. The van der Waals surface area contributed by atoms with Crippen LogP contribution >= 0.6 is 0 Å². The van der Waals surface area contributed by atoms with Gasteiger partial charge in [-0.3, -0.25) is 0 Å². The minimum atomic E-state index is -0.00584. The number of fused-ring (bicyclic) bond motifs is 1. The Morgan fingerprint density at radius 3 is 2.95 bits per heavy atom. The molecule has 0 amide bonds. The standard InChI is InChI=1S/C16H19N5O/c1-2-13(10-22)19-15-6-7-21-16(20-15)14(9-18-21)11-4-3-5-12(17)8-11/h3-9,13,22H,2,10,17H2,1H3,(H,19,20). The fourth-order valence-electron chi connectivity index (χ4n) is 2.35. The Balaban J connectivity index is 2.02. The van der Waals surface area contributed by atoms with Crippen molar-refractivity contribution in [2.24, 2.45) is 0 Å². The van der Waals surface area contributed by atoms with Gasteiger partial charge in [0.25, 0.3) is 0 Å². The zero-order valence-corrected chi connectivity index (χ0v) is 12.4. The molecule has 1 atom stereocenters. The summed E-state index contributed by atoms with van der Waals surface area (Å²) in [7, 11) is 0. The van der Waals surface area contributed by atoms with Gasteiger partial charge in [-0.2, -0.15) is 5.10 Å². The lowest BCUT2D eigenvalue weighted by Crippen LogP contribution is -2.23. The summed E-state index contributed by atoms with van der Waals surface area (Å²) in [5.74, 6) is 0.721. The summed E-state index contributed by atoms with van der Waals surface area (Å²) in [5.41, 5.74) is 9.22. The van der Waals surface area contributed by atoms with E-state index < -0.39 is 0 Å². The van der Waals surface area contributed by atoms with Gasteiger partial charge in [0.05, 0.1) is 18.8 Å². The summed E-state index contributed by atoms with van der Waals surface area (Å²) in [5, 5.41) is 16.8. The quantitative estimate of drug-likeness (QED) is 0.628. The van der Waals surface area contributed by atoms with E-state index in [9.17, 15) is 5.11 Å². The van der Waals surface area contributed by atoms with Crippen LogP contribution in [0.15, 0.2) is 42.7 Å². The smallest absolute Gasteiger partial charge is 0.165 e. The number of nitrogen functional groups attached to an aromatic ring is 1. The van der Waals surface area contributed by atoms with Crippen molar-refractivity contribution in [3.63, 3.8) is 0 Å². The third-order valence-corrected chi connectivity index (χ3v) is 3.63. The fraction of sp³-hybridized carbons (Fsp3) is 0.250. The fourth-order valence-corrected chi connectivity index (χ4v) is 2.35. The Morgan fingerprint density at radius 1 is 1.36 bits per heavy atom. The van der Waals surface area contributed by atoms with E-state index in [0.29, 0.717) is 5.69 Å². The number of aliphatic hydroxyl groups is 1. The van der Waals surface area contributed by atoms with E-state index in [4.69, 9.17) is 5.73 Å². The number of aromatic nitrogens is 3. The molecule has 0 aliphatic carbocycles. The molecule has 0 spiro atoms. The van der Waals surface area contributed by atoms with Gasteiger partial charge in [0.2, 0.25) is 0 Å². The van der Waals surface area contributed by atoms with Crippen LogP contribution in [0.3, 0.4) is 0 Å². The molecule has 0 saturated heterocycles. The Hall–Kier alpha value is -2.60. The van der Waals surface area contributed by atoms with Crippen molar-refractivity contribution >= 4 is 17.2 Å². The minimum absolute atomic E-state index is 0.00584. The average molecular weight is 297 g/mol. The average Bonchev–Trinajstić information content (AvgIpc) is 2.95. The Bertz CT molecular complexity index is 779. The number of hydrogen-bond acceptors (Lipinski definition) is 5. The van der Waals surface area contributed by atoms with Crippen LogP contribution < -0.4 is 11.1 Å². The lowest BCUT2D eigenvalue weighted by molar-refractivity contribution is 0.271. The van der Waals surface area contributed by atoms with Gasteiger partial charge < -0.3 is 16.2 Å². The molecular formula is C16H19N5O. The molecule has 114 valence electrons. The number of benzene rings is 1. The Kier molecular flexibility index (Phi) is 3.93. The third kappa shape index (κ3) is 2.73. The topological polar surface area (TPSA) is 88.5 Å². The van der Waals surface area contributed by atoms with Crippen LogP contribution in [0.4, 0.5) is 11.5 Å². The van der Waals surface area contributed by atoms with E-state index in [1.165, 1.54) is 0 Å². The first-order chi connectivity index (χ1) is 10.7. The number of nitrogens with zero attached hydrogens (tertiary/aromatic N) is 3. The van der Waals surface area contributed by atoms with Crippen molar-refractivity contribution in [2.45, 2.75) is 19.4 Å². The largest absolute Gasteiger partial charge is 0.399 e. The summed E-state index contributed by atoms with van der Waals surface area (Å²) < 4.78 is 1.73. The zero-order valence-electron chi connectivity index (χ0n) is 12.4. The lowest BCUT2D eigenvalue weighted by atomic mass is 10.1. The molecule has 2 heterocycles. The molecule has 1 aromatic carbocycles. The van der Waals surface area contributed by atoms with Crippen LogP contribution in [0, 0.1) is 0 Å². The molecule has 6 nitrogen and oxygen atoms in total. The van der Waals surface area contributed by atoms with Crippen LogP contribution in [-0.2, 0) is 0 Å². The zero-order chi connectivity index (χ0) is 15.5. The highest BCUT2D eigenvalue weighted by Crippen LogP contribution is 2.25. The molecule has 0 radical (unpaired) electrons. The normalized spacial score (nSPS) is 12.5. The molecule has 0 saturated carbocycles. The first-order valence-corrected chi connectivity index (χ1v) is 7.29. The van der Waals surface area contributed by atoms with Crippen molar-refractivity contribution in [2.75, 3.05) is 17.7 Å². The summed E-state index contributed by atoms with van der Waals surface area (Å²) in [6, 6.07) is 9.49.